The van der Waals surface area contributed by atoms with Crippen LogP contribution in [0.3, 0.4) is 0 Å². The number of carbonyl (C=O) groups is 1. The Morgan fingerprint density at radius 3 is 2.18 bits per heavy atom. The van der Waals surface area contributed by atoms with Gasteiger partial charge in [-0.05, 0) is 54.5 Å². The Balaban J connectivity index is 1.79. The largest absolute Gasteiger partial charge is 0.497 e. The van der Waals surface area contributed by atoms with Gasteiger partial charge in [0.1, 0.15) is 11.9 Å². The van der Waals surface area contributed by atoms with Crippen molar-refractivity contribution >= 4 is 5.91 Å². The van der Waals surface area contributed by atoms with Gasteiger partial charge in [0, 0.05) is 6.54 Å². The molecule has 1 amide bonds. The molecule has 2 aromatic carbocycles. The highest BCUT2D eigenvalue weighted by Crippen LogP contribution is 2.32. The van der Waals surface area contributed by atoms with E-state index in [0.717, 1.165) is 17.7 Å². The van der Waals surface area contributed by atoms with E-state index in [1.165, 1.54) is 11.1 Å². The molecule has 4 nitrogen and oxygen atoms in total. The van der Waals surface area contributed by atoms with Crippen molar-refractivity contribution in [2.24, 2.45) is 0 Å². The highest BCUT2D eigenvalue weighted by molar-refractivity contribution is 5.88. The van der Waals surface area contributed by atoms with Gasteiger partial charge >= 0.3 is 0 Å². The lowest BCUT2D eigenvalue weighted by Gasteiger charge is -2.26. The summed E-state index contributed by atoms with van der Waals surface area (Å²) in [6, 6.07) is 16.7. The first kappa shape index (κ1) is 20.4. The van der Waals surface area contributed by atoms with E-state index in [9.17, 15) is 4.79 Å². The summed E-state index contributed by atoms with van der Waals surface area (Å²) in [6.45, 7) is 11.2. The van der Waals surface area contributed by atoms with Crippen LogP contribution in [0, 0.1) is 0 Å². The van der Waals surface area contributed by atoms with E-state index < -0.39 is 5.54 Å². The van der Waals surface area contributed by atoms with Gasteiger partial charge in [-0.25, -0.2) is 0 Å². The Morgan fingerprint density at radius 1 is 1.04 bits per heavy atom. The number of methoxy groups -OCH3 is 1. The zero-order valence-electron chi connectivity index (χ0n) is 17.9. The van der Waals surface area contributed by atoms with Crippen LogP contribution in [0.25, 0.3) is 0 Å². The molecule has 0 aliphatic carbocycles. The normalized spacial score (nSPS) is 19.1. The van der Waals surface area contributed by atoms with Gasteiger partial charge in [0.25, 0.3) is 0 Å². The van der Waals surface area contributed by atoms with Gasteiger partial charge < -0.3 is 9.64 Å². The highest BCUT2D eigenvalue weighted by Gasteiger charge is 2.44. The lowest BCUT2D eigenvalue weighted by molar-refractivity contribution is -0.132. The van der Waals surface area contributed by atoms with Crippen molar-refractivity contribution < 1.29 is 9.53 Å². The van der Waals surface area contributed by atoms with Crippen molar-refractivity contribution in [2.45, 2.75) is 58.2 Å². The second kappa shape index (κ2) is 7.59. The topological polar surface area (TPSA) is 41.6 Å². The maximum absolute atomic E-state index is 13.0. The van der Waals surface area contributed by atoms with Gasteiger partial charge in [-0.3, -0.25) is 10.1 Å². The predicted molar refractivity (Wildman–Crippen MR) is 114 cm³/mol. The van der Waals surface area contributed by atoms with Crippen LogP contribution >= 0.6 is 0 Å². The van der Waals surface area contributed by atoms with Crippen molar-refractivity contribution in [3.63, 3.8) is 0 Å². The molecular formula is C24H32N2O2. The van der Waals surface area contributed by atoms with Gasteiger partial charge in [0.15, 0.2) is 0 Å². The zero-order valence-corrected chi connectivity index (χ0v) is 17.9. The van der Waals surface area contributed by atoms with E-state index in [-0.39, 0.29) is 17.5 Å². The molecule has 2 aromatic rings. The molecule has 1 atom stereocenters. The standard InChI is InChI=1S/C24H32N2O2/c1-23(2,3)19-11-9-18(10-12-19)21-25-24(4,5)22(27)26(21)16-15-17-7-13-20(28-6)14-8-17/h7-14,21,25H,15-16H2,1-6H3. The van der Waals surface area contributed by atoms with Crippen molar-refractivity contribution in [3.05, 3.63) is 65.2 Å². The first-order valence-corrected chi connectivity index (χ1v) is 9.94. The van der Waals surface area contributed by atoms with E-state index in [4.69, 9.17) is 4.74 Å². The summed E-state index contributed by atoms with van der Waals surface area (Å²) in [5, 5.41) is 3.52. The summed E-state index contributed by atoms with van der Waals surface area (Å²) >= 11 is 0. The fraction of sp³-hybridized carbons (Fsp3) is 0.458. The van der Waals surface area contributed by atoms with E-state index in [1.54, 1.807) is 7.11 Å². The Morgan fingerprint density at radius 2 is 1.64 bits per heavy atom. The summed E-state index contributed by atoms with van der Waals surface area (Å²) in [5.74, 6) is 0.992. The zero-order chi connectivity index (χ0) is 20.5. The first-order valence-electron chi connectivity index (χ1n) is 9.94. The number of benzene rings is 2. The lowest BCUT2D eigenvalue weighted by Crippen LogP contribution is -2.40. The molecule has 4 heteroatoms. The molecule has 28 heavy (non-hydrogen) atoms. The van der Waals surface area contributed by atoms with E-state index in [2.05, 4.69) is 62.5 Å². The van der Waals surface area contributed by atoms with Crippen molar-refractivity contribution in [1.29, 1.82) is 0 Å². The average Bonchev–Trinajstić information content (AvgIpc) is 2.89. The Hall–Kier alpha value is -2.33. The van der Waals surface area contributed by atoms with E-state index >= 15 is 0 Å². The van der Waals surface area contributed by atoms with Gasteiger partial charge in [-0.15, -0.1) is 0 Å². The molecule has 1 fully saturated rings. The summed E-state index contributed by atoms with van der Waals surface area (Å²) in [7, 11) is 1.67. The molecule has 3 rings (SSSR count). The lowest BCUT2D eigenvalue weighted by atomic mass is 9.86. The average molecular weight is 381 g/mol. The highest BCUT2D eigenvalue weighted by atomic mass is 16.5. The monoisotopic (exact) mass is 380 g/mol. The van der Waals surface area contributed by atoms with Crippen LogP contribution in [-0.2, 0) is 16.6 Å². The summed E-state index contributed by atoms with van der Waals surface area (Å²) in [6.07, 6.45) is 0.708. The molecule has 0 spiro atoms. The minimum atomic E-state index is -0.562. The van der Waals surface area contributed by atoms with E-state index in [0.29, 0.717) is 6.54 Å². The van der Waals surface area contributed by atoms with Crippen LogP contribution in [0.4, 0.5) is 0 Å². The number of hydrogen-bond acceptors (Lipinski definition) is 3. The molecule has 0 bridgehead atoms. The number of nitrogens with one attached hydrogen (secondary N) is 1. The molecule has 0 aromatic heterocycles. The maximum Gasteiger partial charge on any atom is 0.243 e. The number of nitrogens with zero attached hydrogens (tertiary/aromatic N) is 1. The number of rotatable bonds is 5. The second-order valence-electron chi connectivity index (χ2n) is 9.14. The van der Waals surface area contributed by atoms with Crippen LogP contribution in [0.5, 0.6) is 5.75 Å². The third kappa shape index (κ3) is 4.22. The smallest absolute Gasteiger partial charge is 0.243 e. The van der Waals surface area contributed by atoms with Gasteiger partial charge in [0.05, 0.1) is 12.6 Å². The molecular weight excluding hydrogens is 348 g/mol. The SMILES string of the molecule is COc1ccc(CCN2C(=O)C(C)(C)NC2c2ccc(C(C)(C)C)cc2)cc1. The number of ether oxygens (including phenoxy) is 1. The molecule has 0 radical (unpaired) electrons. The molecule has 1 saturated heterocycles. The van der Waals surface area contributed by atoms with Crippen LogP contribution in [-0.4, -0.2) is 30.0 Å². The first-order chi connectivity index (χ1) is 13.1. The van der Waals surface area contributed by atoms with Gasteiger partial charge in [0.2, 0.25) is 5.91 Å². The van der Waals surface area contributed by atoms with Crippen LogP contribution in [0.2, 0.25) is 0 Å². The Labute approximate surface area is 168 Å². The van der Waals surface area contributed by atoms with Gasteiger partial charge in [-0.2, -0.15) is 0 Å². The quantitative estimate of drug-likeness (QED) is 0.833. The maximum atomic E-state index is 13.0. The molecule has 1 heterocycles. The minimum absolute atomic E-state index is 0.102. The van der Waals surface area contributed by atoms with Crippen molar-refractivity contribution in [3.8, 4) is 5.75 Å². The number of carbonyl (C=O) groups excluding carboxylic acids is 1. The van der Waals surface area contributed by atoms with Crippen molar-refractivity contribution in [1.82, 2.24) is 10.2 Å². The number of hydrogen-bond donors (Lipinski definition) is 1. The summed E-state index contributed by atoms with van der Waals surface area (Å²) in [4.78, 5) is 15.0. The van der Waals surface area contributed by atoms with Crippen LogP contribution in [0.15, 0.2) is 48.5 Å². The molecule has 150 valence electrons. The third-order valence-corrected chi connectivity index (χ3v) is 5.50. The molecule has 1 aliphatic rings. The second-order valence-corrected chi connectivity index (χ2v) is 9.14. The number of amides is 1. The van der Waals surface area contributed by atoms with Gasteiger partial charge in [-0.1, -0.05) is 57.2 Å². The fourth-order valence-electron chi connectivity index (χ4n) is 3.66. The summed E-state index contributed by atoms with van der Waals surface area (Å²) < 4.78 is 5.23. The van der Waals surface area contributed by atoms with E-state index in [1.807, 2.05) is 30.9 Å². The van der Waals surface area contributed by atoms with Crippen molar-refractivity contribution in [2.75, 3.05) is 13.7 Å². The molecule has 1 aliphatic heterocycles. The molecule has 1 unspecified atom stereocenters. The molecule has 0 saturated carbocycles. The summed E-state index contributed by atoms with van der Waals surface area (Å²) in [5.41, 5.74) is 3.17. The fourth-order valence-corrected chi connectivity index (χ4v) is 3.66. The minimum Gasteiger partial charge on any atom is -0.497 e. The third-order valence-electron chi connectivity index (χ3n) is 5.50. The van der Waals surface area contributed by atoms with Crippen LogP contribution in [0.1, 0.15) is 57.5 Å². The Bertz CT molecular complexity index is 817. The predicted octanol–water partition coefficient (Wildman–Crippen LogP) is 4.44. The van der Waals surface area contributed by atoms with Crippen LogP contribution < -0.4 is 10.1 Å². The Kier molecular flexibility index (Phi) is 5.53. The molecule has 1 N–H and O–H groups in total.